The molecule has 0 aliphatic carbocycles. The topological polar surface area (TPSA) is 194 Å². The van der Waals surface area contributed by atoms with Crippen LogP contribution in [0.5, 0.6) is 0 Å². The average Bonchev–Trinajstić information content (AvgIpc) is 2.79. The molecule has 11 nitrogen and oxygen atoms in total. The summed E-state index contributed by atoms with van der Waals surface area (Å²) in [6, 6.07) is 4.40. The summed E-state index contributed by atoms with van der Waals surface area (Å²) in [5.41, 5.74) is 12.1. The number of aliphatic carboxylic acids is 1. The summed E-state index contributed by atoms with van der Waals surface area (Å²) in [5, 5.41) is 16.3. The van der Waals surface area contributed by atoms with Gasteiger partial charge in [-0.15, -0.1) is 0 Å². The molecule has 0 saturated carbocycles. The Labute approximate surface area is 203 Å². The number of rotatable bonds is 14. The molecule has 8 N–H and O–H groups in total. The van der Waals surface area contributed by atoms with E-state index < -0.39 is 60.2 Å². The lowest BCUT2D eigenvalue weighted by atomic mass is 9.96. The van der Waals surface area contributed by atoms with Crippen LogP contribution in [0.4, 0.5) is 0 Å². The first-order chi connectivity index (χ1) is 16.0. The number of carboxylic acids is 1. The molecule has 1 rings (SSSR count). The summed E-state index contributed by atoms with van der Waals surface area (Å²) < 4.78 is 0. The molecule has 0 saturated heterocycles. The van der Waals surface area contributed by atoms with Crippen LogP contribution in [0.1, 0.15) is 32.3 Å². The van der Waals surface area contributed by atoms with E-state index in [9.17, 15) is 24.0 Å². The van der Waals surface area contributed by atoms with Gasteiger partial charge in [-0.2, -0.15) is 12.6 Å². The fourth-order valence-electron chi connectivity index (χ4n) is 3.05. The van der Waals surface area contributed by atoms with Gasteiger partial charge in [-0.1, -0.05) is 50.6 Å². The third-order valence-electron chi connectivity index (χ3n) is 5.26. The summed E-state index contributed by atoms with van der Waals surface area (Å²) in [5.74, 6) is -4.95. The third-order valence-corrected chi connectivity index (χ3v) is 5.63. The van der Waals surface area contributed by atoms with Crippen LogP contribution in [-0.4, -0.2) is 64.6 Å². The molecule has 4 amide bonds. The van der Waals surface area contributed by atoms with Crippen LogP contribution in [0.25, 0.3) is 0 Å². The molecule has 0 aliphatic heterocycles. The summed E-state index contributed by atoms with van der Waals surface area (Å²) in [6.07, 6.45) is 0.208. The Hall–Kier alpha value is -3.12. The average molecular weight is 496 g/mol. The highest BCUT2D eigenvalue weighted by Crippen LogP contribution is 2.10. The lowest BCUT2D eigenvalue weighted by molar-refractivity contribution is -0.141. The van der Waals surface area contributed by atoms with Crippen molar-refractivity contribution in [1.29, 1.82) is 0 Å². The van der Waals surface area contributed by atoms with Crippen molar-refractivity contribution in [2.24, 2.45) is 17.4 Å². The van der Waals surface area contributed by atoms with E-state index in [0.717, 1.165) is 5.56 Å². The van der Waals surface area contributed by atoms with E-state index >= 15 is 0 Å². The number of benzene rings is 1. The van der Waals surface area contributed by atoms with Gasteiger partial charge in [0, 0.05) is 5.75 Å². The first-order valence-electron chi connectivity index (χ1n) is 10.8. The Morgan fingerprint density at radius 1 is 0.971 bits per heavy atom. The van der Waals surface area contributed by atoms with Crippen LogP contribution in [0.3, 0.4) is 0 Å². The van der Waals surface area contributed by atoms with Crippen molar-refractivity contribution in [3.05, 3.63) is 35.9 Å². The minimum Gasteiger partial charge on any atom is -0.480 e. The summed E-state index contributed by atoms with van der Waals surface area (Å²) in [6.45, 7) is 3.55. The molecule has 1 aromatic rings. The van der Waals surface area contributed by atoms with Crippen molar-refractivity contribution < 1.29 is 29.1 Å². The largest absolute Gasteiger partial charge is 0.480 e. The number of hydrogen-bond acceptors (Lipinski definition) is 7. The van der Waals surface area contributed by atoms with Gasteiger partial charge in [0.05, 0.1) is 12.5 Å². The molecular weight excluding hydrogens is 462 g/mol. The fraction of sp³-hybridized carbons (Fsp3) is 0.500. The fourth-order valence-corrected chi connectivity index (χ4v) is 3.30. The maximum Gasteiger partial charge on any atom is 0.327 e. The van der Waals surface area contributed by atoms with Crippen LogP contribution in [-0.2, 0) is 30.4 Å². The van der Waals surface area contributed by atoms with Crippen molar-refractivity contribution in [3.63, 3.8) is 0 Å². The summed E-state index contributed by atoms with van der Waals surface area (Å²) >= 11 is 3.87. The van der Waals surface area contributed by atoms with Crippen LogP contribution >= 0.6 is 12.6 Å². The lowest BCUT2D eigenvalue weighted by Gasteiger charge is -2.27. The van der Waals surface area contributed by atoms with Gasteiger partial charge in [0.2, 0.25) is 23.6 Å². The number of hydrogen-bond donors (Lipinski definition) is 7. The lowest BCUT2D eigenvalue weighted by Crippen LogP contribution is -2.59. The van der Waals surface area contributed by atoms with E-state index in [0.29, 0.717) is 6.42 Å². The van der Waals surface area contributed by atoms with Gasteiger partial charge >= 0.3 is 5.97 Å². The van der Waals surface area contributed by atoms with Gasteiger partial charge in [0.25, 0.3) is 0 Å². The molecule has 1 aromatic carbocycles. The monoisotopic (exact) mass is 495 g/mol. The highest BCUT2D eigenvalue weighted by atomic mass is 32.1. The van der Waals surface area contributed by atoms with E-state index in [1.807, 2.05) is 37.3 Å². The maximum atomic E-state index is 13.0. The molecule has 0 bridgehead atoms. The molecule has 5 unspecified atom stereocenters. The van der Waals surface area contributed by atoms with E-state index in [2.05, 4.69) is 28.6 Å². The van der Waals surface area contributed by atoms with Gasteiger partial charge in [0.1, 0.15) is 18.1 Å². The standard InChI is InChI=1S/C22H33N5O6S/c1-3-12(2)18(27-19(29)14(23)9-13-7-5-4-6-8-13)21(31)25-15(10-17(24)28)20(30)26-16(11-34)22(32)33/h4-8,12,14-16,18,34H,3,9-11,23H2,1-2H3,(H2,24,28)(H,25,31)(H,26,30)(H,27,29)(H,32,33). The Balaban J connectivity index is 2.96. The van der Waals surface area contributed by atoms with Crippen LogP contribution in [0, 0.1) is 5.92 Å². The van der Waals surface area contributed by atoms with Crippen molar-refractivity contribution in [2.45, 2.75) is 57.3 Å². The molecule has 0 heterocycles. The van der Waals surface area contributed by atoms with Gasteiger partial charge in [0.15, 0.2) is 0 Å². The van der Waals surface area contributed by atoms with Gasteiger partial charge < -0.3 is 32.5 Å². The van der Waals surface area contributed by atoms with E-state index in [-0.39, 0.29) is 18.1 Å². The molecule has 0 fully saturated rings. The Bertz CT molecular complexity index is 869. The predicted octanol–water partition coefficient (Wildman–Crippen LogP) is -1.05. The minimum absolute atomic E-state index is 0.205. The first kappa shape index (κ1) is 28.9. The van der Waals surface area contributed by atoms with Crippen molar-refractivity contribution >= 4 is 42.2 Å². The molecule has 34 heavy (non-hydrogen) atoms. The second-order valence-electron chi connectivity index (χ2n) is 7.98. The number of amides is 4. The van der Waals surface area contributed by atoms with Crippen molar-refractivity contribution in [1.82, 2.24) is 16.0 Å². The highest BCUT2D eigenvalue weighted by molar-refractivity contribution is 7.80. The number of carbonyl (C=O) groups excluding carboxylic acids is 4. The second kappa shape index (κ2) is 14.2. The van der Waals surface area contributed by atoms with Crippen molar-refractivity contribution in [3.8, 4) is 0 Å². The molecule has 0 aromatic heterocycles. The summed E-state index contributed by atoms with van der Waals surface area (Å²) in [7, 11) is 0. The molecule has 0 aliphatic rings. The number of carboxylic acid groups (broad SMARTS) is 1. The normalized spacial score (nSPS) is 15.2. The van der Waals surface area contributed by atoms with Gasteiger partial charge in [-0.25, -0.2) is 4.79 Å². The summed E-state index contributed by atoms with van der Waals surface area (Å²) in [4.78, 5) is 60.9. The number of thiol groups is 1. The number of carbonyl (C=O) groups is 5. The van der Waals surface area contributed by atoms with Gasteiger partial charge in [-0.3, -0.25) is 19.2 Å². The zero-order chi connectivity index (χ0) is 25.8. The number of nitrogens with one attached hydrogen (secondary N) is 3. The van der Waals surface area contributed by atoms with E-state index in [1.165, 1.54) is 0 Å². The molecule has 188 valence electrons. The number of primary amides is 1. The molecule has 0 spiro atoms. The van der Waals surface area contributed by atoms with Crippen LogP contribution < -0.4 is 27.4 Å². The predicted molar refractivity (Wildman–Crippen MR) is 129 cm³/mol. The Morgan fingerprint density at radius 2 is 1.56 bits per heavy atom. The number of nitrogens with two attached hydrogens (primary N) is 2. The molecule has 12 heteroatoms. The second-order valence-corrected chi connectivity index (χ2v) is 8.35. The highest BCUT2D eigenvalue weighted by Gasteiger charge is 2.33. The Kier molecular flexibility index (Phi) is 12.1. The maximum absolute atomic E-state index is 13.0. The van der Waals surface area contributed by atoms with E-state index in [1.54, 1.807) is 6.92 Å². The molecule has 5 atom stereocenters. The van der Waals surface area contributed by atoms with E-state index in [4.69, 9.17) is 16.6 Å². The molecular formula is C22H33N5O6S. The third kappa shape index (κ3) is 9.40. The smallest absolute Gasteiger partial charge is 0.327 e. The SMILES string of the molecule is CCC(C)C(NC(=O)C(N)Cc1ccccc1)C(=O)NC(CC(N)=O)C(=O)NC(CS)C(=O)O. The Morgan fingerprint density at radius 3 is 2.06 bits per heavy atom. The zero-order valence-corrected chi connectivity index (χ0v) is 20.1. The minimum atomic E-state index is -1.44. The molecule has 0 radical (unpaired) electrons. The van der Waals surface area contributed by atoms with Crippen molar-refractivity contribution in [2.75, 3.05) is 5.75 Å². The quantitative estimate of drug-likeness (QED) is 0.160. The zero-order valence-electron chi connectivity index (χ0n) is 19.2. The van der Waals surface area contributed by atoms with Crippen LogP contribution in [0.2, 0.25) is 0 Å². The van der Waals surface area contributed by atoms with Gasteiger partial charge in [-0.05, 0) is 17.9 Å². The van der Waals surface area contributed by atoms with Crippen LogP contribution in [0.15, 0.2) is 30.3 Å². The first-order valence-corrected chi connectivity index (χ1v) is 11.5.